The molecule has 2 unspecified atom stereocenters. The lowest BCUT2D eigenvalue weighted by Gasteiger charge is -2.34. The van der Waals surface area contributed by atoms with Crippen LogP contribution < -0.4 is 10.1 Å². The number of methoxy groups -OCH3 is 1. The van der Waals surface area contributed by atoms with Crippen LogP contribution in [0.3, 0.4) is 0 Å². The van der Waals surface area contributed by atoms with E-state index in [0.717, 1.165) is 45.0 Å². The van der Waals surface area contributed by atoms with Crippen molar-refractivity contribution >= 4 is 0 Å². The fourth-order valence-corrected chi connectivity index (χ4v) is 3.10. The van der Waals surface area contributed by atoms with Crippen molar-refractivity contribution in [1.29, 1.82) is 0 Å². The van der Waals surface area contributed by atoms with Gasteiger partial charge in [0.25, 0.3) is 0 Å². The molecule has 2 rings (SSSR count). The quantitative estimate of drug-likeness (QED) is 0.835. The monoisotopic (exact) mass is 292 g/mol. The van der Waals surface area contributed by atoms with Gasteiger partial charge in [0.2, 0.25) is 0 Å². The van der Waals surface area contributed by atoms with Gasteiger partial charge in [-0.15, -0.1) is 0 Å². The fourth-order valence-electron chi connectivity index (χ4n) is 3.10. The van der Waals surface area contributed by atoms with Gasteiger partial charge in [-0.25, -0.2) is 0 Å². The maximum atomic E-state index is 5.66. The standard InChI is InChI=1S/C17H28N2O2/c1-4-18-16-9-10-21-13-15(16)12-19(2)11-14-7-5-6-8-17(14)20-3/h5-8,15-16,18H,4,9-13H2,1-3H3. The van der Waals surface area contributed by atoms with Crippen molar-refractivity contribution in [3.05, 3.63) is 29.8 Å². The van der Waals surface area contributed by atoms with Crippen molar-refractivity contribution in [2.75, 3.05) is 40.5 Å². The summed E-state index contributed by atoms with van der Waals surface area (Å²) in [6, 6.07) is 8.81. The minimum atomic E-state index is 0.554. The Morgan fingerprint density at radius 1 is 1.38 bits per heavy atom. The highest BCUT2D eigenvalue weighted by molar-refractivity contribution is 5.33. The van der Waals surface area contributed by atoms with Crippen molar-refractivity contribution in [3.63, 3.8) is 0 Å². The molecule has 1 fully saturated rings. The molecule has 0 spiro atoms. The minimum absolute atomic E-state index is 0.554. The average molecular weight is 292 g/mol. The smallest absolute Gasteiger partial charge is 0.123 e. The summed E-state index contributed by atoms with van der Waals surface area (Å²) in [7, 11) is 3.90. The fraction of sp³-hybridized carbons (Fsp3) is 0.647. The zero-order valence-corrected chi connectivity index (χ0v) is 13.5. The Labute approximate surface area is 128 Å². The number of ether oxygens (including phenoxy) is 2. The van der Waals surface area contributed by atoms with Crippen LogP contribution in [0.2, 0.25) is 0 Å². The number of hydrogen-bond acceptors (Lipinski definition) is 4. The van der Waals surface area contributed by atoms with Gasteiger partial charge in [-0.05, 0) is 26.1 Å². The zero-order chi connectivity index (χ0) is 15.1. The molecular formula is C17H28N2O2. The molecule has 2 atom stereocenters. The third kappa shape index (κ3) is 4.70. The predicted octanol–water partition coefficient (Wildman–Crippen LogP) is 2.14. The molecule has 1 aromatic carbocycles. The van der Waals surface area contributed by atoms with E-state index in [9.17, 15) is 0 Å². The largest absolute Gasteiger partial charge is 0.496 e. The van der Waals surface area contributed by atoms with Crippen molar-refractivity contribution in [2.45, 2.75) is 25.9 Å². The molecule has 1 heterocycles. The number of hydrogen-bond donors (Lipinski definition) is 1. The topological polar surface area (TPSA) is 33.7 Å². The summed E-state index contributed by atoms with van der Waals surface area (Å²) >= 11 is 0. The summed E-state index contributed by atoms with van der Waals surface area (Å²) in [5.41, 5.74) is 1.24. The van der Waals surface area contributed by atoms with E-state index in [1.54, 1.807) is 7.11 Å². The van der Waals surface area contributed by atoms with E-state index in [4.69, 9.17) is 9.47 Å². The van der Waals surface area contributed by atoms with E-state index >= 15 is 0 Å². The Morgan fingerprint density at radius 2 is 2.19 bits per heavy atom. The molecular weight excluding hydrogens is 264 g/mol. The summed E-state index contributed by atoms with van der Waals surface area (Å²) < 4.78 is 11.1. The molecule has 0 radical (unpaired) electrons. The molecule has 4 heteroatoms. The molecule has 1 aliphatic rings. The second-order valence-corrected chi connectivity index (χ2v) is 5.80. The highest BCUT2D eigenvalue weighted by atomic mass is 16.5. The molecule has 0 amide bonds. The highest BCUT2D eigenvalue weighted by Gasteiger charge is 2.26. The van der Waals surface area contributed by atoms with E-state index in [0.29, 0.717) is 12.0 Å². The second kappa shape index (κ2) is 8.37. The lowest BCUT2D eigenvalue weighted by Crippen LogP contribution is -2.47. The summed E-state index contributed by atoms with van der Waals surface area (Å²) in [4.78, 5) is 2.36. The van der Waals surface area contributed by atoms with Crippen LogP contribution in [-0.2, 0) is 11.3 Å². The first kappa shape index (κ1) is 16.3. The van der Waals surface area contributed by atoms with Crippen molar-refractivity contribution in [2.24, 2.45) is 5.92 Å². The van der Waals surface area contributed by atoms with Crippen LogP contribution in [0.4, 0.5) is 0 Å². The maximum absolute atomic E-state index is 5.66. The van der Waals surface area contributed by atoms with Gasteiger partial charge in [-0.3, -0.25) is 0 Å². The number of nitrogens with one attached hydrogen (secondary N) is 1. The van der Waals surface area contributed by atoms with Gasteiger partial charge < -0.3 is 19.7 Å². The minimum Gasteiger partial charge on any atom is -0.496 e. The van der Waals surface area contributed by atoms with Gasteiger partial charge in [0.05, 0.1) is 13.7 Å². The lowest BCUT2D eigenvalue weighted by molar-refractivity contribution is 0.0192. The Morgan fingerprint density at radius 3 is 2.95 bits per heavy atom. The Kier molecular flexibility index (Phi) is 6.49. The summed E-state index contributed by atoms with van der Waals surface area (Å²) in [6.07, 6.45) is 1.11. The van der Waals surface area contributed by atoms with Gasteiger partial charge in [0.15, 0.2) is 0 Å². The van der Waals surface area contributed by atoms with Gasteiger partial charge in [-0.1, -0.05) is 25.1 Å². The Bertz CT molecular complexity index is 423. The summed E-state index contributed by atoms with van der Waals surface area (Å²) in [5, 5.41) is 3.59. The molecule has 1 aromatic rings. The number of benzene rings is 1. The molecule has 21 heavy (non-hydrogen) atoms. The van der Waals surface area contributed by atoms with Crippen molar-refractivity contribution in [1.82, 2.24) is 10.2 Å². The van der Waals surface area contributed by atoms with Gasteiger partial charge in [-0.2, -0.15) is 0 Å². The summed E-state index contributed by atoms with van der Waals surface area (Å²) in [6.45, 7) is 6.87. The van der Waals surface area contributed by atoms with Crippen LogP contribution >= 0.6 is 0 Å². The second-order valence-electron chi connectivity index (χ2n) is 5.80. The molecule has 0 aliphatic carbocycles. The molecule has 1 aliphatic heterocycles. The van der Waals surface area contributed by atoms with Crippen LogP contribution in [0.15, 0.2) is 24.3 Å². The number of rotatable bonds is 7. The van der Waals surface area contributed by atoms with E-state index in [-0.39, 0.29) is 0 Å². The summed E-state index contributed by atoms with van der Waals surface area (Å²) in [5.74, 6) is 1.52. The van der Waals surface area contributed by atoms with Crippen LogP contribution in [-0.4, -0.2) is 51.4 Å². The molecule has 0 bridgehead atoms. The maximum Gasteiger partial charge on any atom is 0.123 e. The van der Waals surface area contributed by atoms with E-state index in [1.165, 1.54) is 5.56 Å². The molecule has 1 N–H and O–H groups in total. The SMILES string of the molecule is CCNC1CCOCC1CN(C)Cc1ccccc1OC. The lowest BCUT2D eigenvalue weighted by atomic mass is 9.95. The molecule has 0 saturated carbocycles. The van der Waals surface area contributed by atoms with Crippen LogP contribution in [0.1, 0.15) is 18.9 Å². The van der Waals surface area contributed by atoms with E-state index < -0.39 is 0 Å². The number of para-hydroxylation sites is 1. The first-order valence-electron chi connectivity index (χ1n) is 7.86. The van der Waals surface area contributed by atoms with E-state index in [1.807, 2.05) is 12.1 Å². The third-order valence-corrected chi connectivity index (χ3v) is 4.12. The molecule has 4 nitrogen and oxygen atoms in total. The first-order valence-corrected chi connectivity index (χ1v) is 7.86. The van der Waals surface area contributed by atoms with E-state index in [2.05, 4.69) is 36.3 Å². The number of nitrogens with zero attached hydrogens (tertiary/aromatic N) is 1. The predicted molar refractivity (Wildman–Crippen MR) is 85.7 cm³/mol. The van der Waals surface area contributed by atoms with Gasteiger partial charge in [0, 0.05) is 37.2 Å². The van der Waals surface area contributed by atoms with Crippen molar-refractivity contribution < 1.29 is 9.47 Å². The Hall–Kier alpha value is -1.10. The van der Waals surface area contributed by atoms with Crippen LogP contribution in [0.25, 0.3) is 0 Å². The molecule has 118 valence electrons. The van der Waals surface area contributed by atoms with Crippen molar-refractivity contribution in [3.8, 4) is 5.75 Å². The van der Waals surface area contributed by atoms with Gasteiger partial charge >= 0.3 is 0 Å². The van der Waals surface area contributed by atoms with Crippen LogP contribution in [0.5, 0.6) is 5.75 Å². The van der Waals surface area contributed by atoms with Gasteiger partial charge in [0.1, 0.15) is 5.75 Å². The normalized spacial score (nSPS) is 22.5. The molecule has 0 aromatic heterocycles. The third-order valence-electron chi connectivity index (χ3n) is 4.12. The Balaban J connectivity index is 1.92. The first-order chi connectivity index (χ1) is 10.2. The average Bonchev–Trinajstić information content (AvgIpc) is 2.50. The highest BCUT2D eigenvalue weighted by Crippen LogP contribution is 2.21. The zero-order valence-electron chi connectivity index (χ0n) is 13.5. The molecule has 1 saturated heterocycles. The van der Waals surface area contributed by atoms with Crippen LogP contribution in [0, 0.1) is 5.92 Å².